The van der Waals surface area contributed by atoms with Gasteiger partial charge in [0.25, 0.3) is 0 Å². The third kappa shape index (κ3) is 5.89. The van der Waals surface area contributed by atoms with Gasteiger partial charge in [-0.3, -0.25) is 10.1 Å². The normalized spacial score (nSPS) is 18.8. The minimum atomic E-state index is -0.824. The van der Waals surface area contributed by atoms with Crippen LogP contribution in [0.4, 0.5) is 0 Å². The molecule has 5 heteroatoms. The lowest BCUT2D eigenvalue weighted by Gasteiger charge is -2.33. The van der Waals surface area contributed by atoms with Crippen LogP contribution in [-0.4, -0.2) is 72.7 Å². The van der Waals surface area contributed by atoms with E-state index in [-0.39, 0.29) is 0 Å². The molecule has 1 aliphatic rings. The van der Waals surface area contributed by atoms with Crippen LogP contribution in [0.5, 0.6) is 0 Å². The maximum absolute atomic E-state index is 11.5. The third-order valence-corrected chi connectivity index (χ3v) is 3.64. The van der Waals surface area contributed by atoms with Crippen molar-refractivity contribution in [2.45, 2.75) is 44.7 Å². The zero-order chi connectivity index (χ0) is 14.5. The molecule has 1 atom stereocenters. The van der Waals surface area contributed by atoms with E-state index in [1.807, 2.05) is 6.92 Å². The molecule has 5 nitrogen and oxygen atoms in total. The van der Waals surface area contributed by atoms with E-state index < -0.39 is 11.5 Å². The van der Waals surface area contributed by atoms with Gasteiger partial charge >= 0.3 is 5.97 Å². The zero-order valence-corrected chi connectivity index (χ0v) is 12.8. The molecular formula is C14H29N3O2. The monoisotopic (exact) mass is 271 g/mol. The summed E-state index contributed by atoms with van der Waals surface area (Å²) in [5.74, 6) is -0.745. The summed E-state index contributed by atoms with van der Waals surface area (Å²) >= 11 is 0. The van der Waals surface area contributed by atoms with Gasteiger partial charge in [0.15, 0.2) is 0 Å². The zero-order valence-electron chi connectivity index (χ0n) is 12.8. The van der Waals surface area contributed by atoms with E-state index in [9.17, 15) is 9.90 Å². The largest absolute Gasteiger partial charge is 0.480 e. The molecule has 19 heavy (non-hydrogen) atoms. The minimum Gasteiger partial charge on any atom is -0.480 e. The SMILES string of the molecule is CCN(CCCN(C)C)CC(C)(NC1CC1)C(=O)O. The smallest absolute Gasteiger partial charge is 0.324 e. The number of nitrogens with zero attached hydrogens (tertiary/aromatic N) is 2. The molecule has 1 fully saturated rings. The first-order valence-corrected chi connectivity index (χ1v) is 7.25. The number of carbonyl (C=O) groups is 1. The predicted octanol–water partition coefficient (Wildman–Crippen LogP) is 0.855. The highest BCUT2D eigenvalue weighted by Gasteiger charge is 2.39. The van der Waals surface area contributed by atoms with E-state index >= 15 is 0 Å². The van der Waals surface area contributed by atoms with Crippen molar-refractivity contribution < 1.29 is 9.90 Å². The van der Waals surface area contributed by atoms with E-state index in [4.69, 9.17) is 0 Å². The topological polar surface area (TPSA) is 55.8 Å². The first-order valence-electron chi connectivity index (χ1n) is 7.25. The molecular weight excluding hydrogens is 242 g/mol. The Hall–Kier alpha value is -0.650. The van der Waals surface area contributed by atoms with Gasteiger partial charge in [-0.05, 0) is 59.9 Å². The number of carboxylic acids is 1. The Bertz CT molecular complexity index is 292. The number of hydrogen-bond acceptors (Lipinski definition) is 4. The number of rotatable bonds is 10. The average molecular weight is 271 g/mol. The van der Waals surface area contributed by atoms with Gasteiger partial charge in [0.2, 0.25) is 0 Å². The van der Waals surface area contributed by atoms with Crippen molar-refractivity contribution in [3.63, 3.8) is 0 Å². The molecule has 0 aromatic heterocycles. The van der Waals surface area contributed by atoms with Crippen LogP contribution < -0.4 is 5.32 Å². The highest BCUT2D eigenvalue weighted by Crippen LogP contribution is 2.23. The summed E-state index contributed by atoms with van der Waals surface area (Å²) in [6.45, 7) is 7.35. The highest BCUT2D eigenvalue weighted by atomic mass is 16.4. The molecule has 0 radical (unpaired) electrons. The predicted molar refractivity (Wildman–Crippen MR) is 77.5 cm³/mol. The molecule has 0 amide bonds. The second-order valence-electron chi connectivity index (χ2n) is 6.08. The Morgan fingerprint density at radius 3 is 2.42 bits per heavy atom. The van der Waals surface area contributed by atoms with Gasteiger partial charge in [-0.15, -0.1) is 0 Å². The van der Waals surface area contributed by atoms with Crippen LogP contribution in [0, 0.1) is 0 Å². The van der Waals surface area contributed by atoms with Crippen LogP contribution in [-0.2, 0) is 4.79 Å². The molecule has 0 spiro atoms. The van der Waals surface area contributed by atoms with Crippen molar-refractivity contribution >= 4 is 5.97 Å². The number of hydrogen-bond donors (Lipinski definition) is 2. The van der Waals surface area contributed by atoms with Crippen LogP contribution in [0.15, 0.2) is 0 Å². The summed E-state index contributed by atoms with van der Waals surface area (Å²) in [5.41, 5.74) is -0.824. The van der Waals surface area contributed by atoms with E-state index in [1.54, 1.807) is 0 Å². The summed E-state index contributed by atoms with van der Waals surface area (Å²) < 4.78 is 0. The summed E-state index contributed by atoms with van der Waals surface area (Å²) in [7, 11) is 4.12. The third-order valence-electron chi connectivity index (χ3n) is 3.64. The van der Waals surface area contributed by atoms with Gasteiger partial charge in [-0.1, -0.05) is 6.92 Å². The van der Waals surface area contributed by atoms with Gasteiger partial charge in [0.1, 0.15) is 5.54 Å². The minimum absolute atomic E-state index is 0.404. The lowest BCUT2D eigenvalue weighted by molar-refractivity contribution is -0.145. The molecule has 0 heterocycles. The average Bonchev–Trinajstić information content (AvgIpc) is 3.10. The summed E-state index contributed by atoms with van der Waals surface area (Å²) in [6.07, 6.45) is 3.28. The van der Waals surface area contributed by atoms with Crippen LogP contribution in [0.2, 0.25) is 0 Å². The summed E-state index contributed by atoms with van der Waals surface area (Å²) in [6, 6.07) is 0.404. The number of likely N-dealkylation sites (N-methyl/N-ethyl adjacent to an activating group) is 1. The lowest BCUT2D eigenvalue weighted by Crippen LogP contribution is -2.57. The van der Waals surface area contributed by atoms with Gasteiger partial charge in [-0.25, -0.2) is 0 Å². The Morgan fingerprint density at radius 1 is 1.37 bits per heavy atom. The van der Waals surface area contributed by atoms with Gasteiger partial charge in [0, 0.05) is 12.6 Å². The van der Waals surface area contributed by atoms with Crippen molar-refractivity contribution in [3.8, 4) is 0 Å². The maximum atomic E-state index is 11.5. The van der Waals surface area contributed by atoms with Crippen molar-refractivity contribution in [1.82, 2.24) is 15.1 Å². The Morgan fingerprint density at radius 2 is 2.00 bits per heavy atom. The Kier molecular flexibility index (Phi) is 6.23. The molecule has 1 aliphatic carbocycles. The molecule has 0 aromatic carbocycles. The first kappa shape index (κ1) is 16.4. The van der Waals surface area contributed by atoms with Gasteiger partial charge < -0.3 is 14.9 Å². The van der Waals surface area contributed by atoms with Crippen LogP contribution in [0.25, 0.3) is 0 Å². The van der Waals surface area contributed by atoms with Crippen molar-refractivity contribution in [3.05, 3.63) is 0 Å². The van der Waals surface area contributed by atoms with E-state index in [0.717, 1.165) is 38.9 Å². The second kappa shape index (κ2) is 7.22. The Labute approximate surface area is 117 Å². The fourth-order valence-electron chi connectivity index (χ4n) is 2.26. The van der Waals surface area contributed by atoms with E-state index in [2.05, 4.69) is 36.1 Å². The molecule has 0 aromatic rings. The molecule has 112 valence electrons. The fourth-order valence-corrected chi connectivity index (χ4v) is 2.26. The molecule has 0 saturated heterocycles. The fraction of sp³-hybridized carbons (Fsp3) is 0.929. The van der Waals surface area contributed by atoms with E-state index in [1.165, 1.54) is 0 Å². The van der Waals surface area contributed by atoms with Crippen LogP contribution in [0.1, 0.15) is 33.1 Å². The first-order chi connectivity index (χ1) is 8.87. The molecule has 1 unspecified atom stereocenters. The van der Waals surface area contributed by atoms with Gasteiger partial charge in [-0.2, -0.15) is 0 Å². The van der Waals surface area contributed by atoms with Crippen molar-refractivity contribution in [2.24, 2.45) is 0 Å². The summed E-state index contributed by atoms with van der Waals surface area (Å²) in [5, 5.41) is 12.7. The molecule has 0 aliphatic heterocycles. The second-order valence-corrected chi connectivity index (χ2v) is 6.08. The number of nitrogens with one attached hydrogen (secondary N) is 1. The van der Waals surface area contributed by atoms with Crippen molar-refractivity contribution in [1.29, 1.82) is 0 Å². The van der Waals surface area contributed by atoms with Gasteiger partial charge in [0.05, 0.1) is 0 Å². The molecule has 2 N–H and O–H groups in total. The number of aliphatic carboxylic acids is 1. The van der Waals surface area contributed by atoms with Crippen molar-refractivity contribution in [2.75, 3.05) is 40.3 Å². The molecule has 0 bridgehead atoms. The lowest BCUT2D eigenvalue weighted by atomic mass is 10.0. The highest BCUT2D eigenvalue weighted by molar-refractivity contribution is 5.78. The quantitative estimate of drug-likeness (QED) is 0.617. The Balaban J connectivity index is 2.46. The maximum Gasteiger partial charge on any atom is 0.324 e. The van der Waals surface area contributed by atoms with Crippen LogP contribution >= 0.6 is 0 Å². The van der Waals surface area contributed by atoms with Crippen LogP contribution in [0.3, 0.4) is 0 Å². The van der Waals surface area contributed by atoms with E-state index in [0.29, 0.717) is 12.6 Å². The summed E-state index contributed by atoms with van der Waals surface area (Å²) in [4.78, 5) is 15.9. The standard InChI is InChI=1S/C14H29N3O2/c1-5-17(10-6-9-16(3)4)11-14(2,13(18)19)15-12-7-8-12/h12,15H,5-11H2,1-4H3,(H,18,19). The molecule has 1 rings (SSSR count). The number of carboxylic acid groups (broad SMARTS) is 1. The molecule has 1 saturated carbocycles.